The van der Waals surface area contributed by atoms with Crippen LogP contribution in [-0.4, -0.2) is 46.2 Å². The minimum atomic E-state index is -0.575. The lowest BCUT2D eigenvalue weighted by Crippen LogP contribution is -2.47. The summed E-state index contributed by atoms with van der Waals surface area (Å²) in [6.07, 6.45) is 4.74. The highest BCUT2D eigenvalue weighted by molar-refractivity contribution is 7.98. The van der Waals surface area contributed by atoms with Gasteiger partial charge in [-0.2, -0.15) is 16.9 Å². The van der Waals surface area contributed by atoms with E-state index in [1.165, 1.54) is 6.26 Å². The van der Waals surface area contributed by atoms with Gasteiger partial charge in [-0.05, 0) is 56.9 Å². The number of hydrogen-bond acceptors (Lipinski definition) is 5. The van der Waals surface area contributed by atoms with Crippen LogP contribution in [0.25, 0.3) is 0 Å². The van der Waals surface area contributed by atoms with Crippen LogP contribution in [0.15, 0.2) is 28.9 Å². The summed E-state index contributed by atoms with van der Waals surface area (Å²) in [5.74, 6) is 0.435. The average Bonchev–Trinajstić information content (AvgIpc) is 3.25. The summed E-state index contributed by atoms with van der Waals surface area (Å²) in [6.45, 7) is 5.25. The monoisotopic (exact) mass is 378 g/mol. The van der Waals surface area contributed by atoms with E-state index in [0.717, 1.165) is 30.1 Å². The van der Waals surface area contributed by atoms with Gasteiger partial charge in [0.15, 0.2) is 5.76 Å². The number of rotatable bonds is 10. The third-order valence-corrected chi connectivity index (χ3v) is 4.57. The van der Waals surface area contributed by atoms with Crippen molar-refractivity contribution in [1.82, 2.24) is 20.4 Å². The van der Waals surface area contributed by atoms with Crippen molar-refractivity contribution >= 4 is 23.6 Å². The third kappa shape index (κ3) is 5.94. The lowest BCUT2D eigenvalue weighted by Gasteiger charge is -2.17. The van der Waals surface area contributed by atoms with E-state index in [1.807, 2.05) is 30.9 Å². The number of hydrogen-bond donors (Lipinski definition) is 2. The fourth-order valence-corrected chi connectivity index (χ4v) is 3.08. The van der Waals surface area contributed by atoms with Crippen LogP contribution in [0.2, 0.25) is 0 Å². The number of carbonyl (C=O) groups is 2. The van der Waals surface area contributed by atoms with Gasteiger partial charge in [0.25, 0.3) is 5.91 Å². The van der Waals surface area contributed by atoms with Crippen molar-refractivity contribution in [1.29, 1.82) is 0 Å². The average molecular weight is 378 g/mol. The molecule has 8 heteroatoms. The highest BCUT2D eigenvalue weighted by Crippen LogP contribution is 2.05. The number of nitrogens with one attached hydrogen (secondary N) is 2. The SMILES string of the molecule is CSCC[C@@H](NC(=O)c1ccco1)C(=O)NCCCn1nc(C)cc1C. The van der Waals surface area contributed by atoms with Crippen LogP contribution in [0.5, 0.6) is 0 Å². The van der Waals surface area contributed by atoms with E-state index < -0.39 is 6.04 Å². The molecule has 7 nitrogen and oxygen atoms in total. The van der Waals surface area contributed by atoms with Gasteiger partial charge in [-0.3, -0.25) is 14.3 Å². The molecular weight excluding hydrogens is 352 g/mol. The topological polar surface area (TPSA) is 89.2 Å². The second-order valence-corrected chi connectivity index (χ2v) is 7.07. The number of nitrogens with zero attached hydrogens (tertiary/aromatic N) is 2. The van der Waals surface area contributed by atoms with E-state index in [-0.39, 0.29) is 17.6 Å². The summed E-state index contributed by atoms with van der Waals surface area (Å²) in [7, 11) is 0. The molecule has 2 N–H and O–H groups in total. The van der Waals surface area contributed by atoms with Gasteiger partial charge in [0.1, 0.15) is 6.04 Å². The number of thioether (sulfide) groups is 1. The zero-order chi connectivity index (χ0) is 18.9. The van der Waals surface area contributed by atoms with Gasteiger partial charge >= 0.3 is 0 Å². The zero-order valence-corrected chi connectivity index (χ0v) is 16.3. The van der Waals surface area contributed by atoms with Crippen LogP contribution in [0.4, 0.5) is 0 Å². The lowest BCUT2D eigenvalue weighted by molar-refractivity contribution is -0.123. The molecule has 2 aromatic heterocycles. The van der Waals surface area contributed by atoms with Gasteiger partial charge in [0.05, 0.1) is 12.0 Å². The van der Waals surface area contributed by atoms with E-state index in [1.54, 1.807) is 23.9 Å². The quantitative estimate of drug-likeness (QED) is 0.619. The molecule has 2 aromatic rings. The predicted octanol–water partition coefficient (Wildman–Crippen LogP) is 2.15. The van der Waals surface area contributed by atoms with Crippen molar-refractivity contribution < 1.29 is 14.0 Å². The third-order valence-electron chi connectivity index (χ3n) is 3.93. The molecule has 2 heterocycles. The highest BCUT2D eigenvalue weighted by Gasteiger charge is 2.21. The molecule has 2 rings (SSSR count). The number of amides is 2. The number of aromatic nitrogens is 2. The van der Waals surface area contributed by atoms with Crippen LogP contribution < -0.4 is 10.6 Å². The first-order valence-electron chi connectivity index (χ1n) is 8.63. The molecule has 0 fully saturated rings. The van der Waals surface area contributed by atoms with Gasteiger partial charge < -0.3 is 15.1 Å². The summed E-state index contributed by atoms with van der Waals surface area (Å²) >= 11 is 1.64. The molecule has 0 saturated carbocycles. The Morgan fingerprint density at radius 1 is 1.38 bits per heavy atom. The molecular formula is C18H26N4O3S. The van der Waals surface area contributed by atoms with Crippen LogP contribution in [0.3, 0.4) is 0 Å². The number of carbonyl (C=O) groups excluding carboxylic acids is 2. The van der Waals surface area contributed by atoms with Gasteiger partial charge in [-0.15, -0.1) is 0 Å². The summed E-state index contributed by atoms with van der Waals surface area (Å²) in [6, 6.07) is 4.67. The predicted molar refractivity (Wildman–Crippen MR) is 102 cm³/mol. The van der Waals surface area contributed by atoms with E-state index in [2.05, 4.69) is 15.7 Å². The first kappa shape index (κ1) is 20.1. The van der Waals surface area contributed by atoms with Crippen molar-refractivity contribution in [2.24, 2.45) is 0 Å². The fourth-order valence-electron chi connectivity index (χ4n) is 2.61. The van der Waals surface area contributed by atoms with Crippen molar-refractivity contribution in [3.8, 4) is 0 Å². The Morgan fingerprint density at radius 3 is 2.81 bits per heavy atom. The lowest BCUT2D eigenvalue weighted by atomic mass is 10.2. The molecule has 0 aliphatic rings. The van der Waals surface area contributed by atoms with Crippen molar-refractivity contribution in [3.05, 3.63) is 41.6 Å². The normalized spacial score (nSPS) is 12.0. The minimum absolute atomic E-state index is 0.174. The van der Waals surface area contributed by atoms with Crippen molar-refractivity contribution in [3.63, 3.8) is 0 Å². The van der Waals surface area contributed by atoms with Crippen LogP contribution in [-0.2, 0) is 11.3 Å². The van der Waals surface area contributed by atoms with E-state index in [0.29, 0.717) is 13.0 Å². The van der Waals surface area contributed by atoms with Crippen molar-refractivity contribution in [2.75, 3.05) is 18.6 Å². The van der Waals surface area contributed by atoms with E-state index >= 15 is 0 Å². The van der Waals surface area contributed by atoms with Crippen LogP contribution in [0, 0.1) is 13.8 Å². The second kappa shape index (κ2) is 10.1. The maximum atomic E-state index is 12.4. The Kier molecular flexibility index (Phi) is 7.77. The Morgan fingerprint density at radius 2 is 2.19 bits per heavy atom. The molecule has 0 aliphatic heterocycles. The fraction of sp³-hybridized carbons (Fsp3) is 0.500. The highest BCUT2D eigenvalue weighted by atomic mass is 32.2. The Bertz CT molecular complexity index is 712. The van der Waals surface area contributed by atoms with E-state index in [9.17, 15) is 9.59 Å². The number of aryl methyl sites for hydroxylation is 3. The Hall–Kier alpha value is -2.22. The molecule has 0 bridgehead atoms. The molecule has 0 aromatic carbocycles. The first-order valence-corrected chi connectivity index (χ1v) is 10.0. The van der Waals surface area contributed by atoms with Gasteiger partial charge in [-0.1, -0.05) is 0 Å². The molecule has 0 unspecified atom stereocenters. The Balaban J connectivity index is 1.81. The van der Waals surface area contributed by atoms with Crippen LogP contribution in [0.1, 0.15) is 34.8 Å². The Labute approximate surface area is 157 Å². The largest absolute Gasteiger partial charge is 0.459 e. The van der Waals surface area contributed by atoms with Crippen molar-refractivity contribution in [2.45, 2.75) is 39.3 Å². The molecule has 2 amide bonds. The molecule has 1 atom stereocenters. The van der Waals surface area contributed by atoms with Gasteiger partial charge in [0, 0.05) is 18.8 Å². The smallest absolute Gasteiger partial charge is 0.287 e. The summed E-state index contributed by atoms with van der Waals surface area (Å²) in [4.78, 5) is 24.6. The zero-order valence-electron chi connectivity index (χ0n) is 15.4. The molecule has 0 aliphatic carbocycles. The van der Waals surface area contributed by atoms with Gasteiger partial charge in [0.2, 0.25) is 5.91 Å². The van der Waals surface area contributed by atoms with E-state index in [4.69, 9.17) is 4.42 Å². The minimum Gasteiger partial charge on any atom is -0.459 e. The standard InChI is InChI=1S/C18H26N4O3S/c1-13-12-14(2)22(21-13)9-5-8-19-17(23)15(7-11-26-3)20-18(24)16-6-4-10-25-16/h4,6,10,12,15H,5,7-9,11H2,1-3H3,(H,19,23)(H,20,24)/t15-/m1/s1. The molecule has 0 saturated heterocycles. The van der Waals surface area contributed by atoms with Crippen LogP contribution >= 0.6 is 11.8 Å². The summed E-state index contributed by atoms with van der Waals surface area (Å²) in [5.41, 5.74) is 2.10. The maximum absolute atomic E-state index is 12.4. The molecule has 0 radical (unpaired) electrons. The summed E-state index contributed by atoms with van der Waals surface area (Å²) < 4.78 is 7.02. The molecule has 26 heavy (non-hydrogen) atoms. The maximum Gasteiger partial charge on any atom is 0.287 e. The molecule has 142 valence electrons. The van der Waals surface area contributed by atoms with Gasteiger partial charge in [-0.25, -0.2) is 0 Å². The molecule has 0 spiro atoms. The second-order valence-electron chi connectivity index (χ2n) is 6.08. The first-order chi connectivity index (χ1) is 12.5. The summed E-state index contributed by atoms with van der Waals surface area (Å²) in [5, 5.41) is 10.1. The number of furan rings is 1.